The van der Waals surface area contributed by atoms with Crippen molar-refractivity contribution >= 4 is 45.0 Å². The van der Waals surface area contributed by atoms with Crippen molar-refractivity contribution in [1.82, 2.24) is 15.1 Å². The molecule has 1 aliphatic carbocycles. The molecule has 1 heterocycles. The first-order valence-electron chi connectivity index (χ1n) is 8.82. The minimum Gasteiger partial charge on any atom is -0.419 e. The zero-order chi connectivity index (χ0) is 19.7. The molecule has 0 spiro atoms. The highest BCUT2D eigenvalue weighted by Crippen LogP contribution is 2.32. The summed E-state index contributed by atoms with van der Waals surface area (Å²) in [5.74, 6) is 0.759. The second kappa shape index (κ2) is 8.23. The lowest BCUT2D eigenvalue weighted by molar-refractivity contribution is -0.132. The van der Waals surface area contributed by atoms with E-state index in [9.17, 15) is 4.79 Å². The van der Waals surface area contributed by atoms with Crippen molar-refractivity contribution < 1.29 is 9.21 Å². The van der Waals surface area contributed by atoms with E-state index >= 15 is 0 Å². The molecule has 0 aliphatic heterocycles. The molecular weight excluding hydrogens is 465 g/mol. The summed E-state index contributed by atoms with van der Waals surface area (Å²) in [6.07, 6.45) is 2.07. The monoisotopic (exact) mass is 479 g/mol. The van der Waals surface area contributed by atoms with Gasteiger partial charge in [0.05, 0.1) is 18.5 Å². The SMILES string of the molecule is O=C(Cc1c(Cl)cccc1Cl)N(Cc1nnc(-c2ccccc2Br)o1)C1CC1. The van der Waals surface area contributed by atoms with Crippen molar-refractivity contribution in [2.24, 2.45) is 0 Å². The van der Waals surface area contributed by atoms with Crippen LogP contribution in [0.15, 0.2) is 51.4 Å². The van der Waals surface area contributed by atoms with Crippen molar-refractivity contribution in [3.05, 3.63) is 68.4 Å². The largest absolute Gasteiger partial charge is 0.419 e. The normalized spacial score (nSPS) is 13.5. The fraction of sp³-hybridized carbons (Fsp3) is 0.250. The predicted octanol–water partition coefficient (Wildman–Crippen LogP) is 5.54. The van der Waals surface area contributed by atoms with Crippen LogP contribution in [-0.2, 0) is 17.8 Å². The summed E-state index contributed by atoms with van der Waals surface area (Å²) in [5.41, 5.74) is 1.45. The maximum atomic E-state index is 12.9. The van der Waals surface area contributed by atoms with Gasteiger partial charge >= 0.3 is 0 Å². The predicted molar refractivity (Wildman–Crippen MR) is 111 cm³/mol. The Morgan fingerprint density at radius 2 is 1.82 bits per heavy atom. The quantitative estimate of drug-likeness (QED) is 0.464. The maximum absolute atomic E-state index is 12.9. The van der Waals surface area contributed by atoms with Crippen molar-refractivity contribution in [3.63, 3.8) is 0 Å². The maximum Gasteiger partial charge on any atom is 0.248 e. The van der Waals surface area contributed by atoms with E-state index in [2.05, 4.69) is 26.1 Å². The standard InChI is InChI=1S/C20H16BrCl2N3O2/c21-15-5-2-1-4-13(15)20-25-24-18(28-20)11-26(12-8-9-12)19(27)10-14-16(22)6-3-7-17(14)23/h1-7,12H,8-11H2. The summed E-state index contributed by atoms with van der Waals surface area (Å²) in [6.45, 7) is 0.267. The molecule has 0 unspecified atom stereocenters. The Morgan fingerprint density at radius 3 is 2.50 bits per heavy atom. The first kappa shape index (κ1) is 19.4. The molecule has 1 saturated carbocycles. The number of hydrogen-bond acceptors (Lipinski definition) is 4. The zero-order valence-corrected chi connectivity index (χ0v) is 17.8. The summed E-state index contributed by atoms with van der Waals surface area (Å²) < 4.78 is 6.68. The zero-order valence-electron chi connectivity index (χ0n) is 14.7. The third-order valence-electron chi connectivity index (χ3n) is 4.57. The van der Waals surface area contributed by atoms with Crippen LogP contribution in [-0.4, -0.2) is 27.0 Å². The molecular formula is C20H16BrCl2N3O2. The highest BCUT2D eigenvalue weighted by atomic mass is 79.9. The Morgan fingerprint density at radius 1 is 1.11 bits per heavy atom. The second-order valence-corrected chi connectivity index (χ2v) is 8.28. The third kappa shape index (κ3) is 4.24. The topological polar surface area (TPSA) is 59.2 Å². The van der Waals surface area contributed by atoms with Gasteiger partial charge in [0.15, 0.2) is 0 Å². The van der Waals surface area contributed by atoms with Crippen LogP contribution in [0.25, 0.3) is 11.5 Å². The van der Waals surface area contributed by atoms with Crippen molar-refractivity contribution in [2.45, 2.75) is 31.8 Å². The summed E-state index contributed by atoms with van der Waals surface area (Å²) in [7, 11) is 0. The Kier molecular flexibility index (Phi) is 5.71. The van der Waals surface area contributed by atoms with Gasteiger partial charge in [-0.15, -0.1) is 10.2 Å². The van der Waals surface area contributed by atoms with Crippen molar-refractivity contribution in [1.29, 1.82) is 0 Å². The summed E-state index contributed by atoms with van der Waals surface area (Å²) in [6, 6.07) is 13.0. The molecule has 0 radical (unpaired) electrons. The molecule has 3 aromatic rings. The highest BCUT2D eigenvalue weighted by Gasteiger charge is 2.34. The van der Waals surface area contributed by atoms with Gasteiger partial charge in [-0.2, -0.15) is 0 Å². The number of halogens is 3. The van der Waals surface area contributed by atoms with Crippen LogP contribution in [0, 0.1) is 0 Å². The molecule has 1 amide bonds. The number of nitrogens with zero attached hydrogens (tertiary/aromatic N) is 3. The van der Waals surface area contributed by atoms with E-state index in [0.29, 0.717) is 27.4 Å². The first-order valence-corrected chi connectivity index (χ1v) is 10.4. The van der Waals surface area contributed by atoms with Crippen LogP contribution in [0.3, 0.4) is 0 Å². The number of carbonyl (C=O) groups is 1. The van der Waals surface area contributed by atoms with E-state index in [1.807, 2.05) is 24.3 Å². The summed E-state index contributed by atoms with van der Waals surface area (Å²) >= 11 is 15.9. The fourth-order valence-corrected chi connectivity index (χ4v) is 3.95. The smallest absolute Gasteiger partial charge is 0.248 e. The number of hydrogen-bond donors (Lipinski definition) is 0. The molecule has 0 bridgehead atoms. The lowest BCUT2D eigenvalue weighted by Gasteiger charge is -2.21. The molecule has 1 fully saturated rings. The van der Waals surface area contributed by atoms with E-state index in [1.54, 1.807) is 23.1 Å². The lowest BCUT2D eigenvalue weighted by Crippen LogP contribution is -2.34. The Bertz CT molecular complexity index is 1000. The van der Waals surface area contributed by atoms with Crippen molar-refractivity contribution in [3.8, 4) is 11.5 Å². The van der Waals surface area contributed by atoms with E-state index in [-0.39, 0.29) is 24.9 Å². The van der Waals surface area contributed by atoms with Gasteiger partial charge in [0, 0.05) is 20.6 Å². The molecule has 1 aliphatic rings. The Balaban J connectivity index is 1.52. The molecule has 8 heteroatoms. The number of rotatable bonds is 6. The fourth-order valence-electron chi connectivity index (χ4n) is 2.97. The van der Waals surface area contributed by atoms with Gasteiger partial charge < -0.3 is 9.32 Å². The molecule has 0 N–H and O–H groups in total. The molecule has 144 valence electrons. The number of benzene rings is 2. The second-order valence-electron chi connectivity index (χ2n) is 6.61. The molecule has 2 aromatic carbocycles. The van der Waals surface area contributed by atoms with Gasteiger partial charge in [-0.05, 0) is 58.6 Å². The van der Waals surface area contributed by atoms with Gasteiger partial charge in [0.2, 0.25) is 17.7 Å². The number of amides is 1. The van der Waals surface area contributed by atoms with Gasteiger partial charge in [-0.25, -0.2) is 0 Å². The van der Waals surface area contributed by atoms with E-state index in [1.165, 1.54) is 0 Å². The average Bonchev–Trinajstić information content (AvgIpc) is 3.41. The number of aromatic nitrogens is 2. The van der Waals surface area contributed by atoms with Gasteiger partial charge in [-0.3, -0.25) is 4.79 Å². The lowest BCUT2D eigenvalue weighted by atomic mass is 10.1. The van der Waals surface area contributed by atoms with Crippen LogP contribution in [0.1, 0.15) is 24.3 Å². The van der Waals surface area contributed by atoms with E-state index in [0.717, 1.165) is 22.9 Å². The van der Waals surface area contributed by atoms with Gasteiger partial charge in [0.1, 0.15) is 0 Å². The van der Waals surface area contributed by atoms with Gasteiger partial charge in [0.25, 0.3) is 0 Å². The molecule has 28 heavy (non-hydrogen) atoms. The average molecular weight is 481 g/mol. The van der Waals surface area contributed by atoms with Crippen LogP contribution in [0.2, 0.25) is 10.0 Å². The minimum absolute atomic E-state index is 0.0573. The molecule has 0 saturated heterocycles. The summed E-state index contributed by atoms with van der Waals surface area (Å²) in [5, 5.41) is 9.23. The van der Waals surface area contributed by atoms with Crippen LogP contribution >= 0.6 is 39.1 Å². The Hall–Kier alpha value is -1.89. The van der Waals surface area contributed by atoms with Crippen LogP contribution < -0.4 is 0 Å². The summed E-state index contributed by atoms with van der Waals surface area (Å²) in [4.78, 5) is 14.7. The van der Waals surface area contributed by atoms with Crippen molar-refractivity contribution in [2.75, 3.05) is 0 Å². The molecule has 5 nitrogen and oxygen atoms in total. The molecule has 1 aromatic heterocycles. The Labute approximate surface area is 180 Å². The number of carbonyl (C=O) groups excluding carboxylic acids is 1. The first-order chi connectivity index (χ1) is 13.5. The van der Waals surface area contributed by atoms with Gasteiger partial charge in [-0.1, -0.05) is 41.4 Å². The van der Waals surface area contributed by atoms with Crippen LogP contribution in [0.4, 0.5) is 0 Å². The van der Waals surface area contributed by atoms with Crippen LogP contribution in [0.5, 0.6) is 0 Å². The minimum atomic E-state index is -0.0573. The third-order valence-corrected chi connectivity index (χ3v) is 5.97. The highest BCUT2D eigenvalue weighted by molar-refractivity contribution is 9.10. The molecule has 0 atom stereocenters. The van der Waals surface area contributed by atoms with E-state index < -0.39 is 0 Å². The van der Waals surface area contributed by atoms with E-state index in [4.69, 9.17) is 27.6 Å². The molecule has 4 rings (SSSR count).